The van der Waals surface area contributed by atoms with Crippen molar-refractivity contribution in [3.63, 3.8) is 0 Å². The fourth-order valence-corrected chi connectivity index (χ4v) is 4.37. The Morgan fingerprint density at radius 2 is 2.16 bits per heavy atom. The number of carbonyl (C=O) groups is 1. The molecule has 0 radical (unpaired) electrons. The molecule has 4 nitrogen and oxygen atoms in total. The Balaban J connectivity index is 1.87. The van der Waals surface area contributed by atoms with Crippen molar-refractivity contribution in [1.82, 2.24) is 4.90 Å². The van der Waals surface area contributed by atoms with Gasteiger partial charge in [-0.2, -0.15) is 0 Å². The van der Waals surface area contributed by atoms with Crippen LogP contribution in [0.3, 0.4) is 0 Å². The van der Waals surface area contributed by atoms with Gasteiger partial charge in [0.1, 0.15) is 10.6 Å². The zero-order chi connectivity index (χ0) is 17.8. The number of carbonyl (C=O) groups excluding carboxylic acids is 1. The molecule has 5 heteroatoms. The number of rotatable bonds is 5. The molecule has 1 saturated heterocycles. The van der Waals surface area contributed by atoms with Gasteiger partial charge in [0.05, 0.1) is 6.61 Å². The minimum atomic E-state index is 0.0704. The molecule has 0 spiro atoms. The van der Waals surface area contributed by atoms with E-state index in [1.807, 2.05) is 43.0 Å². The number of piperidine rings is 1. The van der Waals surface area contributed by atoms with E-state index < -0.39 is 0 Å². The van der Waals surface area contributed by atoms with Gasteiger partial charge in [-0.15, -0.1) is 11.3 Å². The zero-order valence-corrected chi connectivity index (χ0v) is 15.7. The van der Waals surface area contributed by atoms with E-state index in [-0.39, 0.29) is 11.9 Å². The smallest absolute Gasteiger partial charge is 0.267 e. The summed E-state index contributed by atoms with van der Waals surface area (Å²) in [7, 11) is 0. The van der Waals surface area contributed by atoms with Gasteiger partial charge in [-0.05, 0) is 44.2 Å². The van der Waals surface area contributed by atoms with E-state index >= 15 is 0 Å². The van der Waals surface area contributed by atoms with Gasteiger partial charge in [-0.1, -0.05) is 30.3 Å². The van der Waals surface area contributed by atoms with Crippen LogP contribution in [0.1, 0.15) is 36.4 Å². The van der Waals surface area contributed by atoms with Crippen molar-refractivity contribution in [1.29, 1.82) is 0 Å². The van der Waals surface area contributed by atoms with Crippen molar-refractivity contribution in [2.45, 2.75) is 32.7 Å². The molecular weight excluding hydrogens is 332 g/mol. The number of amides is 1. The highest BCUT2D eigenvalue weighted by Crippen LogP contribution is 2.37. The van der Waals surface area contributed by atoms with Crippen LogP contribution < -0.4 is 10.5 Å². The first-order valence-electron chi connectivity index (χ1n) is 8.97. The van der Waals surface area contributed by atoms with Gasteiger partial charge in [0.25, 0.3) is 5.91 Å². The second-order valence-electron chi connectivity index (χ2n) is 6.62. The molecule has 2 unspecified atom stereocenters. The molecule has 0 saturated carbocycles. The first-order chi connectivity index (χ1) is 12.1. The molecule has 1 aromatic carbocycles. The standard InChI is InChI=1S/C20H26N2O2S/c1-3-24-17-12-18(15-8-5-4-6-9-15)25-19(17)20(23)22-11-7-10-16(13-22)14(2)21/h4-6,8-9,12,14,16H,3,7,10-11,13,21H2,1-2H3. The highest BCUT2D eigenvalue weighted by molar-refractivity contribution is 7.17. The third-order valence-electron chi connectivity index (χ3n) is 4.74. The van der Waals surface area contributed by atoms with Gasteiger partial charge < -0.3 is 15.4 Å². The molecule has 2 heterocycles. The maximum Gasteiger partial charge on any atom is 0.267 e. The Hall–Kier alpha value is -1.85. The molecule has 2 aromatic rings. The lowest BCUT2D eigenvalue weighted by Gasteiger charge is -2.34. The normalized spacial score (nSPS) is 18.8. The summed E-state index contributed by atoms with van der Waals surface area (Å²) in [5.74, 6) is 1.14. The van der Waals surface area contributed by atoms with Crippen molar-refractivity contribution in [2.24, 2.45) is 11.7 Å². The molecule has 1 aromatic heterocycles. The number of ether oxygens (including phenoxy) is 1. The van der Waals surface area contributed by atoms with E-state index in [1.165, 1.54) is 11.3 Å². The summed E-state index contributed by atoms with van der Waals surface area (Å²) in [5.41, 5.74) is 7.18. The summed E-state index contributed by atoms with van der Waals surface area (Å²) in [5, 5.41) is 0. The monoisotopic (exact) mass is 358 g/mol. The number of hydrogen-bond donors (Lipinski definition) is 1. The van der Waals surface area contributed by atoms with Crippen LogP contribution in [0.4, 0.5) is 0 Å². The first-order valence-corrected chi connectivity index (χ1v) is 9.78. The number of likely N-dealkylation sites (tertiary alicyclic amines) is 1. The largest absolute Gasteiger partial charge is 0.492 e. The van der Waals surface area contributed by atoms with Crippen LogP contribution in [-0.2, 0) is 0 Å². The summed E-state index contributed by atoms with van der Waals surface area (Å²) < 4.78 is 5.76. The summed E-state index contributed by atoms with van der Waals surface area (Å²) >= 11 is 1.52. The third-order valence-corrected chi connectivity index (χ3v) is 5.89. The summed E-state index contributed by atoms with van der Waals surface area (Å²) in [6, 6.07) is 12.2. The molecular formula is C20H26N2O2S. The zero-order valence-electron chi connectivity index (χ0n) is 14.9. The number of benzene rings is 1. The van der Waals surface area contributed by atoms with Gasteiger partial charge >= 0.3 is 0 Å². The fourth-order valence-electron chi connectivity index (χ4n) is 3.30. The van der Waals surface area contributed by atoms with Gasteiger partial charge in [-0.3, -0.25) is 4.79 Å². The Morgan fingerprint density at radius 3 is 2.84 bits per heavy atom. The molecule has 25 heavy (non-hydrogen) atoms. The minimum Gasteiger partial charge on any atom is -0.492 e. The molecule has 2 N–H and O–H groups in total. The summed E-state index contributed by atoms with van der Waals surface area (Å²) in [4.78, 5) is 16.8. The Bertz CT molecular complexity index is 712. The first kappa shape index (κ1) is 18.0. The van der Waals surface area contributed by atoms with E-state index in [0.29, 0.717) is 23.2 Å². The predicted molar refractivity (Wildman–Crippen MR) is 103 cm³/mol. The van der Waals surface area contributed by atoms with Gasteiger partial charge in [0.2, 0.25) is 0 Å². The lowest BCUT2D eigenvalue weighted by atomic mass is 9.92. The lowest BCUT2D eigenvalue weighted by Crippen LogP contribution is -2.44. The molecule has 0 bridgehead atoms. The van der Waals surface area contributed by atoms with Gasteiger partial charge in [-0.25, -0.2) is 0 Å². The number of hydrogen-bond acceptors (Lipinski definition) is 4. The van der Waals surface area contributed by atoms with Crippen LogP contribution in [0.15, 0.2) is 36.4 Å². The van der Waals surface area contributed by atoms with Crippen molar-refractivity contribution in [3.05, 3.63) is 41.3 Å². The SMILES string of the molecule is CCOc1cc(-c2ccccc2)sc1C(=O)N1CCCC(C(C)N)C1. The van der Waals surface area contributed by atoms with Crippen molar-refractivity contribution in [3.8, 4) is 16.2 Å². The highest BCUT2D eigenvalue weighted by atomic mass is 32.1. The number of thiophene rings is 1. The van der Waals surface area contributed by atoms with Crippen LogP contribution in [0.25, 0.3) is 10.4 Å². The summed E-state index contributed by atoms with van der Waals surface area (Å²) in [6.45, 7) is 6.06. The Morgan fingerprint density at radius 1 is 1.40 bits per heavy atom. The van der Waals surface area contributed by atoms with E-state index in [1.54, 1.807) is 0 Å². The predicted octanol–water partition coefficient (Wildman–Crippen LogP) is 4.01. The van der Waals surface area contributed by atoms with Crippen LogP contribution >= 0.6 is 11.3 Å². The summed E-state index contributed by atoms with van der Waals surface area (Å²) in [6.07, 6.45) is 2.11. The van der Waals surface area contributed by atoms with E-state index in [0.717, 1.165) is 36.4 Å². The van der Waals surface area contributed by atoms with E-state index in [9.17, 15) is 4.79 Å². The van der Waals surface area contributed by atoms with Crippen LogP contribution in [0.2, 0.25) is 0 Å². The molecule has 1 amide bonds. The average Bonchev–Trinajstić information content (AvgIpc) is 3.06. The number of nitrogens with zero attached hydrogens (tertiary/aromatic N) is 1. The van der Waals surface area contributed by atoms with E-state index in [2.05, 4.69) is 12.1 Å². The second-order valence-corrected chi connectivity index (χ2v) is 7.67. The van der Waals surface area contributed by atoms with Gasteiger partial charge in [0, 0.05) is 24.0 Å². The van der Waals surface area contributed by atoms with Crippen LogP contribution in [0.5, 0.6) is 5.75 Å². The molecule has 1 aliphatic heterocycles. The quantitative estimate of drug-likeness (QED) is 0.878. The maximum atomic E-state index is 13.1. The van der Waals surface area contributed by atoms with Crippen molar-refractivity contribution < 1.29 is 9.53 Å². The van der Waals surface area contributed by atoms with Crippen molar-refractivity contribution in [2.75, 3.05) is 19.7 Å². The molecule has 1 fully saturated rings. The topological polar surface area (TPSA) is 55.6 Å². The average molecular weight is 359 g/mol. The Kier molecular flexibility index (Phi) is 5.76. The highest BCUT2D eigenvalue weighted by Gasteiger charge is 2.29. The maximum absolute atomic E-state index is 13.1. The molecule has 134 valence electrons. The van der Waals surface area contributed by atoms with E-state index in [4.69, 9.17) is 10.5 Å². The fraction of sp³-hybridized carbons (Fsp3) is 0.450. The van der Waals surface area contributed by atoms with Crippen LogP contribution in [0, 0.1) is 5.92 Å². The van der Waals surface area contributed by atoms with Crippen LogP contribution in [-0.4, -0.2) is 36.5 Å². The molecule has 2 atom stereocenters. The Labute approximate surface area is 153 Å². The second kappa shape index (κ2) is 8.02. The lowest BCUT2D eigenvalue weighted by molar-refractivity contribution is 0.0662. The molecule has 3 rings (SSSR count). The van der Waals surface area contributed by atoms with Gasteiger partial charge in [0.15, 0.2) is 0 Å². The third kappa shape index (κ3) is 4.05. The molecule has 0 aliphatic carbocycles. The minimum absolute atomic E-state index is 0.0704. The van der Waals surface area contributed by atoms with Crippen molar-refractivity contribution >= 4 is 17.2 Å². The number of nitrogens with two attached hydrogens (primary N) is 1. The molecule has 1 aliphatic rings.